The van der Waals surface area contributed by atoms with Crippen LogP contribution < -0.4 is 9.47 Å². The molecule has 20 heavy (non-hydrogen) atoms. The maximum Gasteiger partial charge on any atom is 0.131 e. The molecule has 2 aromatic rings. The number of benzene rings is 2. The second-order valence-corrected chi connectivity index (χ2v) is 5.12. The van der Waals surface area contributed by atoms with Crippen LogP contribution in [0.1, 0.15) is 22.1 Å². The van der Waals surface area contributed by atoms with Crippen LogP contribution in [0.4, 0.5) is 4.39 Å². The lowest BCUT2D eigenvalue weighted by Gasteiger charge is -2.16. The third-order valence-corrected chi connectivity index (χ3v) is 3.96. The summed E-state index contributed by atoms with van der Waals surface area (Å²) in [5.74, 6) is 0.987. The normalized spacial score (nSPS) is 14.6. The zero-order chi connectivity index (χ0) is 14.1. The maximum absolute atomic E-state index is 14.1. The summed E-state index contributed by atoms with van der Waals surface area (Å²) >= 11 is 6.46. The largest absolute Gasteiger partial charge is 0.496 e. The summed E-state index contributed by atoms with van der Waals surface area (Å²) in [6.07, 6.45) is 0.862. The number of alkyl halides is 1. The standard InChI is InChI=1S/C16H14ClFO2/c1-19-14-4-2-3-12(18)15(14)16(17)11-5-6-13-10(9-11)7-8-20-13/h2-6,9,16H,7-8H2,1H3. The quantitative estimate of drug-likeness (QED) is 0.793. The SMILES string of the molecule is COc1cccc(F)c1C(Cl)c1ccc2c(c1)CCO2. The molecule has 0 saturated carbocycles. The highest BCUT2D eigenvalue weighted by molar-refractivity contribution is 6.22. The molecule has 1 aliphatic rings. The highest BCUT2D eigenvalue weighted by Crippen LogP contribution is 2.38. The summed E-state index contributed by atoms with van der Waals surface area (Å²) in [7, 11) is 1.51. The Morgan fingerprint density at radius 1 is 1.30 bits per heavy atom. The van der Waals surface area contributed by atoms with Crippen molar-refractivity contribution in [3.8, 4) is 11.5 Å². The van der Waals surface area contributed by atoms with E-state index in [9.17, 15) is 4.39 Å². The van der Waals surface area contributed by atoms with E-state index in [2.05, 4.69) is 0 Å². The topological polar surface area (TPSA) is 18.5 Å². The van der Waals surface area contributed by atoms with Crippen molar-refractivity contribution in [2.45, 2.75) is 11.8 Å². The van der Waals surface area contributed by atoms with Crippen molar-refractivity contribution in [2.24, 2.45) is 0 Å². The van der Waals surface area contributed by atoms with Gasteiger partial charge in [-0.3, -0.25) is 0 Å². The van der Waals surface area contributed by atoms with Gasteiger partial charge in [-0.05, 0) is 29.3 Å². The molecule has 0 N–H and O–H groups in total. The summed E-state index contributed by atoms with van der Waals surface area (Å²) in [6.45, 7) is 0.689. The molecule has 0 amide bonds. The second-order valence-electron chi connectivity index (χ2n) is 4.68. The molecule has 2 aromatic carbocycles. The van der Waals surface area contributed by atoms with Crippen molar-refractivity contribution < 1.29 is 13.9 Å². The van der Waals surface area contributed by atoms with Gasteiger partial charge in [0, 0.05) is 6.42 Å². The zero-order valence-corrected chi connectivity index (χ0v) is 11.8. The lowest BCUT2D eigenvalue weighted by molar-refractivity contribution is 0.357. The Bertz CT molecular complexity index is 642. The van der Waals surface area contributed by atoms with Crippen LogP contribution in [0.15, 0.2) is 36.4 Å². The maximum atomic E-state index is 14.1. The molecule has 3 rings (SSSR count). The molecule has 1 aliphatic heterocycles. The van der Waals surface area contributed by atoms with Crippen molar-refractivity contribution in [1.82, 2.24) is 0 Å². The third kappa shape index (κ3) is 2.22. The minimum absolute atomic E-state index is 0.360. The van der Waals surface area contributed by atoms with Crippen molar-refractivity contribution in [1.29, 1.82) is 0 Å². The molecule has 1 heterocycles. The molecule has 4 heteroatoms. The van der Waals surface area contributed by atoms with Gasteiger partial charge in [-0.25, -0.2) is 4.39 Å². The Hall–Kier alpha value is -1.74. The third-order valence-electron chi connectivity index (χ3n) is 3.49. The van der Waals surface area contributed by atoms with Crippen molar-refractivity contribution >= 4 is 11.6 Å². The lowest BCUT2D eigenvalue weighted by Crippen LogP contribution is -2.01. The Labute approximate surface area is 122 Å². The Kier molecular flexibility index (Phi) is 3.53. The Morgan fingerprint density at radius 3 is 2.95 bits per heavy atom. The van der Waals surface area contributed by atoms with Gasteiger partial charge in [-0.2, -0.15) is 0 Å². The molecule has 0 aliphatic carbocycles. The van der Waals surface area contributed by atoms with Gasteiger partial charge in [-0.15, -0.1) is 11.6 Å². The molecule has 0 aromatic heterocycles. The fourth-order valence-corrected chi connectivity index (χ4v) is 2.82. The number of halogens is 2. The molecule has 0 saturated heterocycles. The Morgan fingerprint density at radius 2 is 2.15 bits per heavy atom. The van der Waals surface area contributed by atoms with Crippen molar-refractivity contribution in [3.05, 3.63) is 58.9 Å². The van der Waals surface area contributed by atoms with Gasteiger partial charge in [0.1, 0.15) is 17.3 Å². The first-order valence-electron chi connectivity index (χ1n) is 6.43. The van der Waals surface area contributed by atoms with Gasteiger partial charge in [0.2, 0.25) is 0 Å². The van der Waals surface area contributed by atoms with Gasteiger partial charge in [-0.1, -0.05) is 18.2 Å². The van der Waals surface area contributed by atoms with Crippen LogP contribution in [0.25, 0.3) is 0 Å². The number of rotatable bonds is 3. The van der Waals surface area contributed by atoms with Crippen LogP contribution in [0.5, 0.6) is 11.5 Å². The fraction of sp³-hybridized carbons (Fsp3) is 0.250. The molecular weight excluding hydrogens is 279 g/mol. The smallest absolute Gasteiger partial charge is 0.131 e. The second kappa shape index (κ2) is 5.33. The van der Waals surface area contributed by atoms with Crippen LogP contribution in [0, 0.1) is 5.82 Å². The number of methoxy groups -OCH3 is 1. The number of fused-ring (bicyclic) bond motifs is 1. The van der Waals surface area contributed by atoms with E-state index in [1.807, 2.05) is 18.2 Å². The van der Waals surface area contributed by atoms with Crippen LogP contribution in [-0.2, 0) is 6.42 Å². The highest BCUT2D eigenvalue weighted by Gasteiger charge is 2.22. The molecule has 1 unspecified atom stereocenters. The minimum Gasteiger partial charge on any atom is -0.496 e. The van der Waals surface area contributed by atoms with Crippen LogP contribution in [0.3, 0.4) is 0 Å². The average molecular weight is 293 g/mol. The predicted octanol–water partition coefficient (Wildman–Crippen LogP) is 4.10. The summed E-state index contributed by atoms with van der Waals surface area (Å²) in [5, 5.41) is -0.586. The molecular formula is C16H14ClFO2. The lowest BCUT2D eigenvalue weighted by atomic mass is 10.00. The van der Waals surface area contributed by atoms with Gasteiger partial charge in [0.15, 0.2) is 0 Å². The molecule has 0 spiro atoms. The first-order valence-corrected chi connectivity index (χ1v) is 6.86. The van der Waals surface area contributed by atoms with Gasteiger partial charge >= 0.3 is 0 Å². The van der Waals surface area contributed by atoms with E-state index in [4.69, 9.17) is 21.1 Å². The van der Waals surface area contributed by atoms with E-state index in [1.54, 1.807) is 12.1 Å². The molecule has 2 nitrogen and oxygen atoms in total. The zero-order valence-electron chi connectivity index (χ0n) is 11.0. The van der Waals surface area contributed by atoms with E-state index >= 15 is 0 Å². The monoisotopic (exact) mass is 292 g/mol. The van der Waals surface area contributed by atoms with Crippen LogP contribution in [0.2, 0.25) is 0 Å². The van der Waals surface area contributed by atoms with Gasteiger partial charge in [0.05, 0.1) is 24.7 Å². The predicted molar refractivity (Wildman–Crippen MR) is 76.3 cm³/mol. The number of hydrogen-bond donors (Lipinski definition) is 0. The van der Waals surface area contributed by atoms with Gasteiger partial charge < -0.3 is 9.47 Å². The fourth-order valence-electron chi connectivity index (χ4n) is 2.47. The average Bonchev–Trinajstić information content (AvgIpc) is 2.93. The Balaban J connectivity index is 2.02. The first-order chi connectivity index (χ1) is 9.70. The summed E-state index contributed by atoms with van der Waals surface area (Å²) in [6, 6.07) is 10.5. The van der Waals surface area contributed by atoms with Crippen molar-refractivity contribution in [3.63, 3.8) is 0 Å². The van der Waals surface area contributed by atoms with E-state index in [1.165, 1.54) is 13.2 Å². The minimum atomic E-state index is -0.586. The van der Waals surface area contributed by atoms with Crippen LogP contribution >= 0.6 is 11.6 Å². The molecule has 0 radical (unpaired) electrons. The van der Waals surface area contributed by atoms with E-state index < -0.39 is 5.38 Å². The summed E-state index contributed by atoms with van der Waals surface area (Å²) in [5.41, 5.74) is 2.33. The van der Waals surface area contributed by atoms with E-state index in [-0.39, 0.29) is 5.82 Å². The number of hydrogen-bond acceptors (Lipinski definition) is 2. The van der Waals surface area contributed by atoms with E-state index in [0.717, 1.165) is 23.3 Å². The highest BCUT2D eigenvalue weighted by atomic mass is 35.5. The van der Waals surface area contributed by atoms with Crippen LogP contribution in [-0.4, -0.2) is 13.7 Å². The first kappa shape index (κ1) is 13.3. The van der Waals surface area contributed by atoms with Crippen molar-refractivity contribution in [2.75, 3.05) is 13.7 Å². The molecule has 0 fully saturated rings. The number of ether oxygens (including phenoxy) is 2. The molecule has 0 bridgehead atoms. The molecule has 104 valence electrons. The van der Waals surface area contributed by atoms with Gasteiger partial charge in [0.25, 0.3) is 0 Å². The van der Waals surface area contributed by atoms with E-state index in [0.29, 0.717) is 17.9 Å². The summed E-state index contributed by atoms with van der Waals surface area (Å²) < 4.78 is 24.7. The summed E-state index contributed by atoms with van der Waals surface area (Å²) in [4.78, 5) is 0. The molecule has 1 atom stereocenters.